The smallest absolute Gasteiger partial charge is 0.409 e. The number of ether oxygens (including phenoxy) is 1. The summed E-state index contributed by atoms with van der Waals surface area (Å²) in [6.07, 6.45) is 1.09. The average Bonchev–Trinajstić information content (AvgIpc) is 2.77. The van der Waals surface area contributed by atoms with Gasteiger partial charge in [-0.25, -0.2) is 13.2 Å². The maximum atomic E-state index is 12.0. The molecule has 0 aliphatic carbocycles. The molecule has 0 spiro atoms. The van der Waals surface area contributed by atoms with E-state index in [9.17, 15) is 18.0 Å². The number of rotatable bonds is 4. The third kappa shape index (κ3) is 3.62. The normalized spacial score (nSPS) is 25.4. The summed E-state index contributed by atoms with van der Waals surface area (Å²) in [7, 11) is -1.37. The molecule has 0 aromatic rings. The van der Waals surface area contributed by atoms with Gasteiger partial charge in [-0.05, 0) is 12.8 Å². The van der Waals surface area contributed by atoms with Crippen LogP contribution in [0.25, 0.3) is 0 Å². The van der Waals surface area contributed by atoms with Crippen LogP contribution in [-0.4, -0.2) is 74.5 Å². The fourth-order valence-corrected chi connectivity index (χ4v) is 4.27. The minimum Gasteiger partial charge on any atom is -0.449 e. The van der Waals surface area contributed by atoms with Gasteiger partial charge in [0.25, 0.3) is 0 Å². The first-order valence-electron chi connectivity index (χ1n) is 6.77. The van der Waals surface area contributed by atoms with Crippen LogP contribution < -0.4 is 0 Å². The lowest BCUT2D eigenvalue weighted by atomic mass is 10.2. The lowest BCUT2D eigenvalue weighted by Crippen LogP contribution is -2.42. The van der Waals surface area contributed by atoms with Crippen molar-refractivity contribution in [3.8, 4) is 0 Å². The van der Waals surface area contributed by atoms with E-state index in [4.69, 9.17) is 4.74 Å². The molecule has 8 heteroatoms. The molecule has 0 radical (unpaired) electrons. The molecular formula is C12H20N2O5S. The molecule has 2 fully saturated rings. The monoisotopic (exact) mass is 304 g/mol. The molecule has 1 unspecified atom stereocenters. The summed E-state index contributed by atoms with van der Waals surface area (Å²) in [6.45, 7) is 1.36. The summed E-state index contributed by atoms with van der Waals surface area (Å²) in [6, 6.07) is -0.235. The molecule has 2 aliphatic rings. The number of sulfone groups is 1. The summed E-state index contributed by atoms with van der Waals surface area (Å²) in [4.78, 5) is 26.5. The zero-order valence-electron chi connectivity index (χ0n) is 11.6. The molecule has 0 saturated carbocycles. The van der Waals surface area contributed by atoms with Crippen LogP contribution in [0.15, 0.2) is 0 Å². The zero-order chi connectivity index (χ0) is 14.8. The SMILES string of the molecule is CN(C(=O)CCN1CCCOC1=O)C1CCS(=O)(=O)C1. The van der Waals surface area contributed by atoms with Crippen molar-refractivity contribution in [1.82, 2.24) is 9.80 Å². The Balaban J connectivity index is 1.81. The molecule has 1 atom stereocenters. The Morgan fingerprint density at radius 1 is 1.50 bits per heavy atom. The first-order chi connectivity index (χ1) is 9.39. The fourth-order valence-electron chi connectivity index (χ4n) is 2.49. The van der Waals surface area contributed by atoms with Crippen LogP contribution in [0, 0.1) is 0 Å². The summed E-state index contributed by atoms with van der Waals surface area (Å²) >= 11 is 0. The number of carbonyl (C=O) groups excluding carboxylic acids is 2. The van der Waals surface area contributed by atoms with Gasteiger partial charge in [-0.2, -0.15) is 0 Å². The largest absolute Gasteiger partial charge is 0.449 e. The highest BCUT2D eigenvalue weighted by Gasteiger charge is 2.32. The third-order valence-corrected chi connectivity index (χ3v) is 5.55. The minimum absolute atomic E-state index is 0.0427. The van der Waals surface area contributed by atoms with Crippen molar-refractivity contribution >= 4 is 21.8 Å². The summed E-state index contributed by atoms with van der Waals surface area (Å²) in [5, 5.41) is 0. The Hall–Kier alpha value is -1.31. The van der Waals surface area contributed by atoms with Gasteiger partial charge in [0.15, 0.2) is 9.84 Å². The van der Waals surface area contributed by atoms with Crippen LogP contribution in [0.3, 0.4) is 0 Å². The van der Waals surface area contributed by atoms with Crippen molar-refractivity contribution in [2.24, 2.45) is 0 Å². The van der Waals surface area contributed by atoms with E-state index in [-0.39, 0.29) is 36.0 Å². The molecule has 20 heavy (non-hydrogen) atoms. The molecule has 2 amide bonds. The number of carbonyl (C=O) groups is 2. The van der Waals surface area contributed by atoms with Gasteiger partial charge < -0.3 is 14.5 Å². The van der Waals surface area contributed by atoms with E-state index in [1.165, 1.54) is 9.80 Å². The van der Waals surface area contributed by atoms with Gasteiger partial charge in [-0.1, -0.05) is 0 Å². The van der Waals surface area contributed by atoms with E-state index >= 15 is 0 Å². The Kier molecular flexibility index (Phi) is 4.52. The Labute approximate surface area is 118 Å². The summed E-state index contributed by atoms with van der Waals surface area (Å²) in [5.41, 5.74) is 0. The quantitative estimate of drug-likeness (QED) is 0.722. The lowest BCUT2D eigenvalue weighted by Gasteiger charge is -2.28. The second-order valence-corrected chi connectivity index (χ2v) is 7.50. The van der Waals surface area contributed by atoms with Crippen molar-refractivity contribution < 1.29 is 22.7 Å². The van der Waals surface area contributed by atoms with Crippen LogP contribution in [0.2, 0.25) is 0 Å². The molecular weight excluding hydrogens is 284 g/mol. The average molecular weight is 304 g/mol. The van der Waals surface area contributed by atoms with Crippen molar-refractivity contribution in [3.63, 3.8) is 0 Å². The predicted octanol–water partition coefficient (Wildman–Crippen LogP) is -0.136. The van der Waals surface area contributed by atoms with Crippen LogP contribution in [0.5, 0.6) is 0 Å². The molecule has 114 valence electrons. The minimum atomic E-state index is -3.00. The van der Waals surface area contributed by atoms with Crippen molar-refractivity contribution in [2.45, 2.75) is 25.3 Å². The van der Waals surface area contributed by atoms with E-state index in [1.807, 2.05) is 0 Å². The van der Waals surface area contributed by atoms with E-state index < -0.39 is 9.84 Å². The first-order valence-corrected chi connectivity index (χ1v) is 8.59. The van der Waals surface area contributed by atoms with Gasteiger partial charge in [-0.3, -0.25) is 4.79 Å². The van der Waals surface area contributed by atoms with Gasteiger partial charge in [0.1, 0.15) is 0 Å². The Bertz CT molecular complexity index is 490. The number of amides is 2. The molecule has 7 nitrogen and oxygen atoms in total. The topological polar surface area (TPSA) is 84.0 Å². The third-order valence-electron chi connectivity index (χ3n) is 3.80. The van der Waals surface area contributed by atoms with Crippen molar-refractivity contribution in [1.29, 1.82) is 0 Å². The second-order valence-electron chi connectivity index (χ2n) is 5.27. The van der Waals surface area contributed by atoms with Gasteiger partial charge >= 0.3 is 6.09 Å². The Morgan fingerprint density at radius 2 is 2.25 bits per heavy atom. The number of hydrogen-bond acceptors (Lipinski definition) is 5. The molecule has 0 aromatic carbocycles. The van der Waals surface area contributed by atoms with E-state index in [0.29, 0.717) is 26.1 Å². The van der Waals surface area contributed by atoms with Crippen LogP contribution in [-0.2, 0) is 19.4 Å². The van der Waals surface area contributed by atoms with E-state index in [1.54, 1.807) is 7.05 Å². The lowest BCUT2D eigenvalue weighted by molar-refractivity contribution is -0.131. The maximum Gasteiger partial charge on any atom is 0.409 e. The second kappa shape index (κ2) is 5.99. The van der Waals surface area contributed by atoms with Crippen molar-refractivity contribution in [3.05, 3.63) is 0 Å². The molecule has 2 heterocycles. The first kappa shape index (κ1) is 15.1. The summed E-state index contributed by atoms with van der Waals surface area (Å²) in [5.74, 6) is 0.0554. The van der Waals surface area contributed by atoms with Gasteiger partial charge in [-0.15, -0.1) is 0 Å². The van der Waals surface area contributed by atoms with Gasteiger partial charge in [0, 0.05) is 32.6 Å². The molecule has 2 rings (SSSR count). The van der Waals surface area contributed by atoms with Gasteiger partial charge in [0.2, 0.25) is 5.91 Å². The highest BCUT2D eigenvalue weighted by molar-refractivity contribution is 7.91. The van der Waals surface area contributed by atoms with Crippen molar-refractivity contribution in [2.75, 3.05) is 38.2 Å². The predicted molar refractivity (Wildman–Crippen MR) is 72.0 cm³/mol. The molecule has 0 N–H and O–H groups in total. The fraction of sp³-hybridized carbons (Fsp3) is 0.833. The van der Waals surface area contributed by atoms with Crippen LogP contribution in [0.4, 0.5) is 4.79 Å². The number of cyclic esters (lactones) is 1. The van der Waals surface area contributed by atoms with E-state index in [2.05, 4.69) is 0 Å². The van der Waals surface area contributed by atoms with Gasteiger partial charge in [0.05, 0.1) is 18.1 Å². The molecule has 0 bridgehead atoms. The van der Waals surface area contributed by atoms with Crippen LogP contribution >= 0.6 is 0 Å². The molecule has 2 saturated heterocycles. The number of nitrogens with zero attached hydrogens (tertiary/aromatic N) is 2. The number of hydrogen-bond donors (Lipinski definition) is 0. The maximum absolute atomic E-state index is 12.0. The summed E-state index contributed by atoms with van der Waals surface area (Å²) < 4.78 is 27.7. The highest BCUT2D eigenvalue weighted by atomic mass is 32.2. The Morgan fingerprint density at radius 3 is 2.85 bits per heavy atom. The van der Waals surface area contributed by atoms with Crippen LogP contribution in [0.1, 0.15) is 19.3 Å². The van der Waals surface area contributed by atoms with E-state index in [0.717, 1.165) is 6.42 Å². The standard InChI is InChI=1S/C12H20N2O5S/c1-13(10-4-8-20(17,18)9-10)11(15)3-6-14-5-2-7-19-12(14)16/h10H,2-9H2,1H3. The molecule has 2 aliphatic heterocycles. The molecule has 0 aromatic heterocycles. The zero-order valence-corrected chi connectivity index (χ0v) is 12.4. The highest BCUT2D eigenvalue weighted by Crippen LogP contribution is 2.17.